The molecule has 0 nitrogen and oxygen atoms in total. The van der Waals surface area contributed by atoms with Gasteiger partial charge in [-0.15, -0.1) is 0 Å². The molecule has 0 bridgehead atoms. The molecule has 47 valence electrons. The minimum Gasteiger partial charge on any atom is -0.0808 e. The molecule has 0 aromatic heterocycles. The fourth-order valence-corrected chi connectivity index (χ4v) is 3.17. The van der Waals surface area contributed by atoms with E-state index in [1.54, 1.807) is 0 Å². The quantitative estimate of drug-likeness (QED) is 0.444. The van der Waals surface area contributed by atoms with Gasteiger partial charge in [-0.3, -0.25) is 0 Å². The van der Waals surface area contributed by atoms with Crippen LogP contribution in [-0.4, -0.2) is 14.8 Å². The van der Waals surface area contributed by atoms with Crippen molar-refractivity contribution in [2.45, 2.75) is 30.7 Å². The minimum atomic E-state index is 0.681. The Balaban J connectivity index is 2.23. The molecule has 2 aliphatic rings. The van der Waals surface area contributed by atoms with Gasteiger partial charge in [-0.1, -0.05) is 30.7 Å². The molecule has 2 rings (SSSR count). The van der Waals surface area contributed by atoms with Crippen LogP contribution in [0.25, 0.3) is 0 Å². The van der Waals surface area contributed by atoms with Gasteiger partial charge in [0.2, 0.25) is 0 Å². The first kappa shape index (κ1) is 5.60. The Labute approximate surface area is 58.4 Å². The van der Waals surface area contributed by atoms with Gasteiger partial charge >= 0.3 is 0 Å². The average molecular weight is 135 g/mol. The van der Waals surface area contributed by atoms with E-state index in [0.29, 0.717) is 5.04 Å². The molecule has 0 N–H and O–H groups in total. The van der Waals surface area contributed by atoms with Crippen molar-refractivity contribution < 1.29 is 0 Å². The Hall–Kier alpha value is -0.173. The number of rotatable bonds is 0. The first-order valence-corrected chi connectivity index (χ1v) is 4.78. The summed E-state index contributed by atoms with van der Waals surface area (Å²) in [6, 6.07) is 0. The molecule has 1 radical (unpaired) electrons. The van der Waals surface area contributed by atoms with Crippen molar-refractivity contribution in [2.24, 2.45) is 0 Å². The highest BCUT2D eigenvalue weighted by Crippen LogP contribution is 2.45. The Morgan fingerprint density at radius 2 is 2.00 bits per heavy atom. The summed E-state index contributed by atoms with van der Waals surface area (Å²) in [4.78, 5) is 0. The predicted molar refractivity (Wildman–Crippen MR) is 42.1 cm³/mol. The highest BCUT2D eigenvalue weighted by Gasteiger charge is 2.29. The smallest absolute Gasteiger partial charge is 0.0306 e. The van der Waals surface area contributed by atoms with Crippen LogP contribution in [0.1, 0.15) is 25.7 Å². The summed E-state index contributed by atoms with van der Waals surface area (Å²) in [6.45, 7) is 0. The molecule has 0 aromatic rings. The molecule has 0 amide bonds. The molecule has 1 fully saturated rings. The molecule has 1 heteroatoms. The molecule has 0 unspecified atom stereocenters. The third-order valence-electron chi connectivity index (χ3n) is 2.38. The Morgan fingerprint density at radius 1 is 1.22 bits per heavy atom. The maximum absolute atomic E-state index is 2.43. The van der Waals surface area contributed by atoms with Crippen molar-refractivity contribution in [3.8, 4) is 0 Å². The second-order valence-electron chi connectivity index (χ2n) is 3.03. The summed E-state index contributed by atoms with van der Waals surface area (Å²) < 4.78 is 0. The summed E-state index contributed by atoms with van der Waals surface area (Å²) in [5.41, 5.74) is 2.34. The van der Waals surface area contributed by atoms with E-state index in [1.807, 2.05) is 0 Å². The van der Waals surface area contributed by atoms with E-state index in [-0.39, 0.29) is 0 Å². The largest absolute Gasteiger partial charge is 0.0808 e. The Kier molecular flexibility index (Phi) is 1.19. The van der Waals surface area contributed by atoms with Crippen molar-refractivity contribution in [3.63, 3.8) is 0 Å². The molecule has 1 aliphatic heterocycles. The second kappa shape index (κ2) is 1.91. The summed E-state index contributed by atoms with van der Waals surface area (Å²) in [7, 11) is 1.10. The van der Waals surface area contributed by atoms with Gasteiger partial charge in [-0.2, -0.15) is 0 Å². The van der Waals surface area contributed by atoms with Crippen molar-refractivity contribution in [2.75, 3.05) is 0 Å². The Morgan fingerprint density at radius 3 is 2.56 bits per heavy atom. The van der Waals surface area contributed by atoms with Gasteiger partial charge in [0.15, 0.2) is 0 Å². The van der Waals surface area contributed by atoms with Gasteiger partial charge in [-0.25, -0.2) is 0 Å². The zero-order valence-corrected chi connectivity index (χ0v) is 6.56. The standard InChI is InChI=1S/C8H11Si/c1-2-5-8(4-1)6-3-7-9-8/h3,6-7H,1-2,4-5H2. The first-order chi connectivity index (χ1) is 4.41. The van der Waals surface area contributed by atoms with Gasteiger partial charge in [0.05, 0.1) is 0 Å². The van der Waals surface area contributed by atoms with E-state index < -0.39 is 0 Å². The molecule has 0 aromatic carbocycles. The number of hydrogen-bond donors (Lipinski definition) is 0. The first-order valence-electron chi connectivity index (χ1n) is 3.70. The third-order valence-corrected chi connectivity index (χ3v) is 3.98. The van der Waals surface area contributed by atoms with E-state index in [0.717, 1.165) is 9.13 Å². The SMILES string of the molecule is C1=CC2(CCCC2)[Si]=C1. The Bertz CT molecular complexity index is 147. The van der Waals surface area contributed by atoms with Crippen LogP contribution in [0, 0.1) is 0 Å². The normalized spacial score (nSPS) is 28.4. The minimum absolute atomic E-state index is 0.681. The monoisotopic (exact) mass is 135 g/mol. The van der Waals surface area contributed by atoms with Gasteiger partial charge in [0.25, 0.3) is 0 Å². The van der Waals surface area contributed by atoms with Crippen molar-refractivity contribution >= 4 is 14.8 Å². The van der Waals surface area contributed by atoms with Crippen LogP contribution in [0.15, 0.2) is 12.2 Å². The van der Waals surface area contributed by atoms with E-state index in [2.05, 4.69) is 17.8 Å². The summed E-state index contributed by atoms with van der Waals surface area (Å²) in [5.74, 6) is 0. The number of allylic oxidation sites excluding steroid dienone is 2. The second-order valence-corrected chi connectivity index (χ2v) is 4.65. The molecule has 0 saturated heterocycles. The third kappa shape index (κ3) is 0.836. The summed E-state index contributed by atoms with van der Waals surface area (Å²) >= 11 is 0. The fourth-order valence-electron chi connectivity index (χ4n) is 1.81. The van der Waals surface area contributed by atoms with Crippen molar-refractivity contribution in [1.82, 2.24) is 0 Å². The van der Waals surface area contributed by atoms with E-state index in [9.17, 15) is 0 Å². The molecule has 1 heterocycles. The van der Waals surface area contributed by atoms with Crippen LogP contribution in [0.5, 0.6) is 0 Å². The fraction of sp³-hybridized carbons (Fsp3) is 0.625. The van der Waals surface area contributed by atoms with Gasteiger partial charge in [0.1, 0.15) is 0 Å². The molecular weight excluding hydrogens is 124 g/mol. The number of hydrogen-bond acceptors (Lipinski definition) is 0. The lowest BCUT2D eigenvalue weighted by Gasteiger charge is -2.15. The molecule has 1 aliphatic carbocycles. The van der Waals surface area contributed by atoms with Gasteiger partial charge < -0.3 is 0 Å². The predicted octanol–water partition coefficient (Wildman–Crippen LogP) is 1.80. The zero-order valence-electron chi connectivity index (χ0n) is 5.56. The maximum atomic E-state index is 2.43. The van der Waals surface area contributed by atoms with Crippen LogP contribution in [0.3, 0.4) is 0 Å². The van der Waals surface area contributed by atoms with Gasteiger partial charge in [-0.05, 0) is 17.9 Å². The highest BCUT2D eigenvalue weighted by molar-refractivity contribution is 6.55. The van der Waals surface area contributed by atoms with Crippen LogP contribution < -0.4 is 0 Å². The van der Waals surface area contributed by atoms with E-state index >= 15 is 0 Å². The zero-order chi connectivity index (χ0) is 6.16. The molecular formula is C8H11Si. The molecule has 9 heavy (non-hydrogen) atoms. The lowest BCUT2D eigenvalue weighted by atomic mass is 10.1. The topological polar surface area (TPSA) is 0 Å². The van der Waals surface area contributed by atoms with Crippen molar-refractivity contribution in [3.05, 3.63) is 12.2 Å². The van der Waals surface area contributed by atoms with Crippen LogP contribution in [-0.2, 0) is 0 Å². The lowest BCUT2D eigenvalue weighted by molar-refractivity contribution is 0.715. The van der Waals surface area contributed by atoms with Crippen LogP contribution in [0.2, 0.25) is 5.04 Å². The highest BCUT2D eigenvalue weighted by atomic mass is 28.2. The maximum Gasteiger partial charge on any atom is 0.0306 e. The summed E-state index contributed by atoms with van der Waals surface area (Å²) in [5, 5.41) is 0.681. The molecule has 1 saturated carbocycles. The van der Waals surface area contributed by atoms with Crippen LogP contribution >= 0.6 is 0 Å². The van der Waals surface area contributed by atoms with E-state index in [4.69, 9.17) is 0 Å². The molecule has 1 spiro atoms. The average Bonchev–Trinajstić information content (AvgIpc) is 2.45. The molecule has 0 atom stereocenters. The lowest BCUT2D eigenvalue weighted by Crippen LogP contribution is -2.04. The van der Waals surface area contributed by atoms with Crippen molar-refractivity contribution in [1.29, 1.82) is 0 Å². The van der Waals surface area contributed by atoms with E-state index in [1.165, 1.54) is 25.7 Å². The van der Waals surface area contributed by atoms with Gasteiger partial charge in [0, 0.05) is 9.13 Å². The van der Waals surface area contributed by atoms with Crippen LogP contribution in [0.4, 0.5) is 0 Å². The summed E-state index contributed by atoms with van der Waals surface area (Å²) in [6.07, 6.45) is 10.5.